The van der Waals surface area contributed by atoms with Gasteiger partial charge < -0.3 is 11.1 Å². The predicted octanol–water partition coefficient (Wildman–Crippen LogP) is -1.07. The molecule has 94 valence electrons. The molecule has 8 heteroatoms. The Hall–Kier alpha value is -1.96. The van der Waals surface area contributed by atoms with Crippen LogP contribution < -0.4 is 16.4 Å². The molecular formula is C9H16N6O2. The molecule has 0 aliphatic heterocycles. The van der Waals surface area contributed by atoms with Crippen LogP contribution in [0.15, 0.2) is 6.20 Å². The number of hydrogen-bond acceptors (Lipinski definition) is 5. The third-order valence-electron chi connectivity index (χ3n) is 1.98. The molecule has 0 radical (unpaired) electrons. The highest BCUT2D eigenvalue weighted by atomic mass is 16.2. The monoisotopic (exact) mass is 240 g/mol. The van der Waals surface area contributed by atoms with Crippen molar-refractivity contribution in [3.05, 3.63) is 11.9 Å². The zero-order chi connectivity index (χ0) is 13.1. The highest BCUT2D eigenvalue weighted by molar-refractivity contribution is 5.93. The average molecular weight is 240 g/mol. The van der Waals surface area contributed by atoms with E-state index in [0.29, 0.717) is 5.69 Å². The summed E-state index contributed by atoms with van der Waals surface area (Å²) in [6, 6.07) is -0.561. The van der Waals surface area contributed by atoms with Gasteiger partial charge >= 0.3 is 6.03 Å². The summed E-state index contributed by atoms with van der Waals surface area (Å²) in [4.78, 5) is 22.2. The van der Waals surface area contributed by atoms with Gasteiger partial charge in [0, 0.05) is 7.05 Å². The van der Waals surface area contributed by atoms with Gasteiger partial charge in [-0.05, 0) is 13.8 Å². The number of nitrogens with two attached hydrogens (primary N) is 1. The molecule has 0 aliphatic carbocycles. The summed E-state index contributed by atoms with van der Waals surface area (Å²) < 4.78 is 1.32. The van der Waals surface area contributed by atoms with Gasteiger partial charge in [-0.2, -0.15) is 0 Å². The standard InChI is InChI=1S/C9H16N6O2/c1-9(2,10)6-4-15(14-13-6)5-7(16)12-8(17)11-3/h4H,5,10H2,1-3H3,(H2,11,12,16,17). The molecule has 0 atom stereocenters. The lowest BCUT2D eigenvalue weighted by Crippen LogP contribution is -2.39. The zero-order valence-corrected chi connectivity index (χ0v) is 10.0. The van der Waals surface area contributed by atoms with Crippen molar-refractivity contribution in [2.45, 2.75) is 25.9 Å². The largest absolute Gasteiger partial charge is 0.341 e. The van der Waals surface area contributed by atoms with Crippen molar-refractivity contribution in [3.8, 4) is 0 Å². The summed E-state index contributed by atoms with van der Waals surface area (Å²) in [6.45, 7) is 3.48. The molecule has 0 bridgehead atoms. The Morgan fingerprint density at radius 1 is 1.53 bits per heavy atom. The van der Waals surface area contributed by atoms with E-state index < -0.39 is 17.5 Å². The van der Waals surface area contributed by atoms with Crippen molar-refractivity contribution in [1.29, 1.82) is 0 Å². The SMILES string of the molecule is CNC(=O)NC(=O)Cn1cc(C(C)(C)N)nn1. The highest BCUT2D eigenvalue weighted by Gasteiger charge is 2.19. The van der Waals surface area contributed by atoms with Gasteiger partial charge in [0.15, 0.2) is 0 Å². The molecule has 1 heterocycles. The number of carbonyl (C=O) groups excluding carboxylic acids is 2. The minimum Gasteiger partial charge on any atom is -0.341 e. The topological polar surface area (TPSA) is 115 Å². The first kappa shape index (κ1) is 13.1. The fourth-order valence-corrected chi connectivity index (χ4v) is 1.05. The summed E-state index contributed by atoms with van der Waals surface area (Å²) in [5.74, 6) is -0.476. The molecule has 4 N–H and O–H groups in total. The molecule has 1 aromatic heterocycles. The van der Waals surface area contributed by atoms with E-state index in [0.717, 1.165) is 0 Å². The number of amides is 3. The molecule has 0 fully saturated rings. The van der Waals surface area contributed by atoms with Crippen LogP contribution in [0, 0.1) is 0 Å². The van der Waals surface area contributed by atoms with E-state index in [1.807, 2.05) is 0 Å². The summed E-state index contributed by atoms with van der Waals surface area (Å²) in [7, 11) is 1.42. The van der Waals surface area contributed by atoms with E-state index in [9.17, 15) is 9.59 Å². The molecule has 0 saturated carbocycles. The summed E-state index contributed by atoms with van der Waals surface area (Å²) in [6.07, 6.45) is 1.57. The van der Waals surface area contributed by atoms with Crippen molar-refractivity contribution in [1.82, 2.24) is 25.6 Å². The van der Waals surface area contributed by atoms with Crippen LogP contribution in [0.25, 0.3) is 0 Å². The fourth-order valence-electron chi connectivity index (χ4n) is 1.05. The van der Waals surface area contributed by atoms with Crippen molar-refractivity contribution >= 4 is 11.9 Å². The van der Waals surface area contributed by atoms with Crippen LogP contribution in [0.1, 0.15) is 19.5 Å². The van der Waals surface area contributed by atoms with Crippen LogP contribution >= 0.6 is 0 Å². The van der Waals surface area contributed by atoms with Crippen LogP contribution in [0.3, 0.4) is 0 Å². The van der Waals surface area contributed by atoms with E-state index in [1.165, 1.54) is 11.7 Å². The molecule has 1 rings (SSSR count). The molecule has 0 aliphatic rings. The van der Waals surface area contributed by atoms with E-state index in [4.69, 9.17) is 5.73 Å². The Labute approximate surface area is 98.5 Å². The Morgan fingerprint density at radius 2 is 2.18 bits per heavy atom. The molecule has 17 heavy (non-hydrogen) atoms. The second-order valence-corrected chi connectivity index (χ2v) is 4.15. The second kappa shape index (κ2) is 4.91. The highest BCUT2D eigenvalue weighted by Crippen LogP contribution is 2.12. The van der Waals surface area contributed by atoms with Gasteiger partial charge in [0.25, 0.3) is 0 Å². The van der Waals surface area contributed by atoms with Crippen LogP contribution in [0.5, 0.6) is 0 Å². The van der Waals surface area contributed by atoms with Crippen molar-refractivity contribution in [2.75, 3.05) is 7.05 Å². The van der Waals surface area contributed by atoms with E-state index in [-0.39, 0.29) is 6.54 Å². The summed E-state index contributed by atoms with van der Waals surface area (Å²) in [5.41, 5.74) is 5.78. The summed E-state index contributed by atoms with van der Waals surface area (Å²) >= 11 is 0. The number of imide groups is 1. The predicted molar refractivity (Wildman–Crippen MR) is 59.8 cm³/mol. The Kier molecular flexibility index (Phi) is 3.79. The fraction of sp³-hybridized carbons (Fsp3) is 0.556. The average Bonchev–Trinajstić information content (AvgIpc) is 2.65. The van der Waals surface area contributed by atoms with Crippen molar-refractivity contribution in [3.63, 3.8) is 0 Å². The Balaban J connectivity index is 2.61. The molecule has 0 aromatic carbocycles. The van der Waals surface area contributed by atoms with Crippen LogP contribution in [0.4, 0.5) is 4.79 Å². The molecule has 0 unspecified atom stereocenters. The molecule has 0 saturated heterocycles. The first-order valence-corrected chi connectivity index (χ1v) is 5.04. The minimum atomic E-state index is -0.616. The number of carbonyl (C=O) groups is 2. The number of hydrogen-bond donors (Lipinski definition) is 3. The van der Waals surface area contributed by atoms with Gasteiger partial charge in [-0.15, -0.1) is 5.10 Å². The van der Waals surface area contributed by atoms with Gasteiger partial charge in [-0.1, -0.05) is 5.21 Å². The van der Waals surface area contributed by atoms with Gasteiger partial charge in [-0.25, -0.2) is 9.48 Å². The van der Waals surface area contributed by atoms with Gasteiger partial charge in [0.1, 0.15) is 12.2 Å². The van der Waals surface area contributed by atoms with Crippen molar-refractivity contribution in [2.24, 2.45) is 5.73 Å². The van der Waals surface area contributed by atoms with Gasteiger partial charge in [0.05, 0.1) is 11.7 Å². The van der Waals surface area contributed by atoms with E-state index >= 15 is 0 Å². The maximum absolute atomic E-state index is 11.3. The lowest BCUT2D eigenvalue weighted by molar-refractivity contribution is -0.120. The Bertz CT molecular complexity index is 419. The zero-order valence-electron chi connectivity index (χ0n) is 10.0. The van der Waals surface area contributed by atoms with E-state index in [2.05, 4.69) is 20.9 Å². The molecule has 3 amide bonds. The quantitative estimate of drug-likeness (QED) is 0.622. The number of urea groups is 1. The third-order valence-corrected chi connectivity index (χ3v) is 1.98. The lowest BCUT2D eigenvalue weighted by atomic mass is 10.0. The molecule has 0 spiro atoms. The van der Waals surface area contributed by atoms with Gasteiger partial charge in [-0.3, -0.25) is 10.1 Å². The second-order valence-electron chi connectivity index (χ2n) is 4.15. The van der Waals surface area contributed by atoms with E-state index in [1.54, 1.807) is 20.0 Å². The first-order chi connectivity index (χ1) is 7.82. The molecule has 8 nitrogen and oxygen atoms in total. The molecule has 1 aromatic rings. The smallest absolute Gasteiger partial charge is 0.321 e. The minimum absolute atomic E-state index is 0.0868. The maximum Gasteiger partial charge on any atom is 0.321 e. The summed E-state index contributed by atoms with van der Waals surface area (Å²) in [5, 5.41) is 12.0. The number of rotatable bonds is 3. The number of nitrogens with zero attached hydrogens (tertiary/aromatic N) is 3. The van der Waals surface area contributed by atoms with Crippen molar-refractivity contribution < 1.29 is 9.59 Å². The lowest BCUT2D eigenvalue weighted by Gasteiger charge is -2.13. The maximum atomic E-state index is 11.3. The number of aromatic nitrogens is 3. The molecular weight excluding hydrogens is 224 g/mol. The van der Waals surface area contributed by atoms with Crippen LogP contribution in [-0.4, -0.2) is 34.0 Å². The van der Waals surface area contributed by atoms with Crippen LogP contribution in [0.2, 0.25) is 0 Å². The first-order valence-electron chi connectivity index (χ1n) is 5.04. The normalized spacial score (nSPS) is 11.1. The Morgan fingerprint density at radius 3 is 2.65 bits per heavy atom. The number of nitrogens with one attached hydrogen (secondary N) is 2. The van der Waals surface area contributed by atoms with Gasteiger partial charge in [0.2, 0.25) is 5.91 Å². The third kappa shape index (κ3) is 3.83. The van der Waals surface area contributed by atoms with Crippen LogP contribution in [-0.2, 0) is 16.9 Å².